The second-order valence-corrected chi connectivity index (χ2v) is 8.85. The molecule has 1 aliphatic carbocycles. The van der Waals surface area contributed by atoms with Gasteiger partial charge in [-0.1, -0.05) is 6.07 Å². The Morgan fingerprint density at radius 2 is 2.12 bits per heavy atom. The Kier molecular flexibility index (Phi) is 4.07. The molecule has 0 aromatic carbocycles. The van der Waals surface area contributed by atoms with E-state index in [1.807, 2.05) is 12.4 Å². The highest BCUT2D eigenvalue weighted by atomic mass is 32.1. The summed E-state index contributed by atoms with van der Waals surface area (Å²) in [6.45, 7) is 4.42. The monoisotopic (exact) mass is 367 g/mol. The van der Waals surface area contributed by atoms with Crippen LogP contribution in [0.25, 0.3) is 5.65 Å². The number of fused-ring (bicyclic) bond motifs is 1. The molecule has 5 nitrogen and oxygen atoms in total. The Labute approximate surface area is 158 Å². The molecule has 3 aromatic heterocycles. The maximum atomic E-state index is 4.44. The van der Waals surface area contributed by atoms with Crippen molar-refractivity contribution < 1.29 is 0 Å². The summed E-state index contributed by atoms with van der Waals surface area (Å²) in [4.78, 5) is 14.0. The summed E-state index contributed by atoms with van der Waals surface area (Å²) in [5, 5.41) is 3.31. The summed E-state index contributed by atoms with van der Waals surface area (Å²) in [6, 6.07) is 7.15. The Bertz CT molecular complexity index is 879. The molecular weight excluding hydrogens is 342 g/mol. The summed E-state index contributed by atoms with van der Waals surface area (Å²) in [7, 11) is 2.27. The van der Waals surface area contributed by atoms with Gasteiger partial charge in [-0.3, -0.25) is 9.80 Å². The number of hydrogen-bond donors (Lipinski definition) is 0. The van der Waals surface area contributed by atoms with Gasteiger partial charge in [0.15, 0.2) is 0 Å². The fraction of sp³-hybridized carbons (Fsp3) is 0.500. The van der Waals surface area contributed by atoms with Crippen molar-refractivity contribution in [1.29, 1.82) is 0 Å². The maximum absolute atomic E-state index is 4.44. The number of hydrogen-bond acceptors (Lipinski definition) is 5. The minimum absolute atomic E-state index is 0.559. The van der Waals surface area contributed by atoms with E-state index in [2.05, 4.69) is 61.0 Å². The lowest BCUT2D eigenvalue weighted by Crippen LogP contribution is -2.37. The Hall–Kier alpha value is -1.76. The van der Waals surface area contributed by atoms with Crippen molar-refractivity contribution in [2.45, 2.75) is 38.4 Å². The molecule has 0 N–H and O–H groups in total. The molecule has 1 spiro atoms. The molecule has 3 aromatic rings. The highest BCUT2D eigenvalue weighted by Gasteiger charge is 2.56. The van der Waals surface area contributed by atoms with Crippen molar-refractivity contribution in [3.05, 3.63) is 52.9 Å². The minimum Gasteiger partial charge on any atom is -0.303 e. The van der Waals surface area contributed by atoms with Gasteiger partial charge >= 0.3 is 0 Å². The van der Waals surface area contributed by atoms with E-state index in [-0.39, 0.29) is 0 Å². The minimum atomic E-state index is 0.559. The van der Waals surface area contributed by atoms with Crippen molar-refractivity contribution >= 4 is 17.0 Å². The van der Waals surface area contributed by atoms with Crippen LogP contribution in [0.3, 0.4) is 0 Å². The van der Waals surface area contributed by atoms with Crippen molar-refractivity contribution in [3.63, 3.8) is 0 Å². The molecule has 6 heteroatoms. The smallest absolute Gasteiger partial charge is 0.136 e. The lowest BCUT2D eigenvalue weighted by atomic mass is 9.92. The van der Waals surface area contributed by atoms with Crippen molar-refractivity contribution in [3.8, 4) is 0 Å². The summed E-state index contributed by atoms with van der Waals surface area (Å²) >= 11 is 1.77. The number of rotatable bonds is 5. The summed E-state index contributed by atoms with van der Waals surface area (Å²) in [6.07, 6.45) is 9.87. The van der Waals surface area contributed by atoms with Gasteiger partial charge in [-0.05, 0) is 56.9 Å². The van der Waals surface area contributed by atoms with Crippen LogP contribution in [0, 0.1) is 5.41 Å². The van der Waals surface area contributed by atoms with E-state index in [1.165, 1.54) is 43.1 Å². The van der Waals surface area contributed by atoms with E-state index < -0.39 is 0 Å². The first-order valence-electron chi connectivity index (χ1n) is 9.45. The molecule has 2 fully saturated rings. The molecule has 5 rings (SSSR count). The molecule has 2 aliphatic rings. The number of likely N-dealkylation sites (tertiary alicyclic amines) is 1. The summed E-state index contributed by atoms with van der Waals surface area (Å²) in [5.74, 6) is 0. The molecular formula is C20H25N5S. The SMILES string of the molecule is CN(Cc1nccs1)C1CC12CCN(Cc1cccc3nccn13)CC2. The third-order valence-electron chi connectivity index (χ3n) is 6.30. The lowest BCUT2D eigenvalue weighted by Gasteiger charge is -2.34. The van der Waals surface area contributed by atoms with Crippen LogP contribution < -0.4 is 0 Å². The van der Waals surface area contributed by atoms with Crippen LogP contribution >= 0.6 is 11.3 Å². The zero-order valence-electron chi connectivity index (χ0n) is 15.2. The molecule has 26 heavy (non-hydrogen) atoms. The normalized spacial score (nSPS) is 22.5. The van der Waals surface area contributed by atoms with E-state index in [9.17, 15) is 0 Å². The molecule has 0 bridgehead atoms. The molecule has 4 heterocycles. The van der Waals surface area contributed by atoms with Crippen molar-refractivity contribution in [2.24, 2.45) is 5.41 Å². The Balaban J connectivity index is 1.19. The molecule has 1 saturated carbocycles. The fourth-order valence-corrected chi connectivity index (χ4v) is 5.34. The number of thiazole rings is 1. The van der Waals surface area contributed by atoms with E-state index in [0.717, 1.165) is 24.8 Å². The van der Waals surface area contributed by atoms with Gasteiger partial charge in [-0.25, -0.2) is 9.97 Å². The predicted octanol–water partition coefficient (Wildman–Crippen LogP) is 3.28. The quantitative estimate of drug-likeness (QED) is 0.693. The molecule has 1 unspecified atom stereocenters. The van der Waals surface area contributed by atoms with E-state index in [1.54, 1.807) is 11.3 Å². The van der Waals surface area contributed by atoms with Gasteiger partial charge in [0, 0.05) is 42.3 Å². The molecule has 1 saturated heterocycles. The number of aromatic nitrogens is 3. The lowest BCUT2D eigenvalue weighted by molar-refractivity contribution is 0.138. The number of imidazole rings is 1. The van der Waals surface area contributed by atoms with Gasteiger partial charge in [0.2, 0.25) is 0 Å². The van der Waals surface area contributed by atoms with E-state index in [4.69, 9.17) is 0 Å². The zero-order valence-corrected chi connectivity index (χ0v) is 16.0. The second-order valence-electron chi connectivity index (χ2n) is 7.87. The predicted molar refractivity (Wildman–Crippen MR) is 104 cm³/mol. The van der Waals surface area contributed by atoms with Crippen LogP contribution in [0.1, 0.15) is 30.0 Å². The Morgan fingerprint density at radius 3 is 2.92 bits per heavy atom. The molecule has 1 aliphatic heterocycles. The van der Waals surface area contributed by atoms with Gasteiger partial charge in [0.25, 0.3) is 0 Å². The highest BCUT2D eigenvalue weighted by molar-refractivity contribution is 7.09. The van der Waals surface area contributed by atoms with E-state index in [0.29, 0.717) is 5.41 Å². The first-order chi connectivity index (χ1) is 12.7. The third-order valence-corrected chi connectivity index (χ3v) is 7.06. The molecule has 136 valence electrons. The third kappa shape index (κ3) is 2.96. The van der Waals surface area contributed by atoms with Crippen LogP contribution in [-0.2, 0) is 13.1 Å². The van der Waals surface area contributed by atoms with Gasteiger partial charge in [-0.2, -0.15) is 0 Å². The topological polar surface area (TPSA) is 36.7 Å². The number of pyridine rings is 1. The summed E-state index contributed by atoms with van der Waals surface area (Å²) < 4.78 is 2.21. The molecule has 0 amide bonds. The summed E-state index contributed by atoms with van der Waals surface area (Å²) in [5.41, 5.74) is 2.94. The second kappa shape index (κ2) is 6.44. The van der Waals surface area contributed by atoms with Gasteiger partial charge in [0.05, 0.1) is 6.54 Å². The van der Waals surface area contributed by atoms with Crippen LogP contribution in [0.4, 0.5) is 0 Å². The van der Waals surface area contributed by atoms with Crippen LogP contribution in [0.2, 0.25) is 0 Å². The average Bonchev–Trinajstić information content (AvgIpc) is 3.03. The van der Waals surface area contributed by atoms with Crippen molar-refractivity contribution in [2.75, 3.05) is 20.1 Å². The van der Waals surface area contributed by atoms with Crippen LogP contribution in [-0.4, -0.2) is 50.3 Å². The van der Waals surface area contributed by atoms with Gasteiger partial charge in [-0.15, -0.1) is 11.3 Å². The standard InChI is InChI=1S/C20H25N5S/c1-23(15-19-22-8-12-26-19)17-13-20(17)5-9-24(10-6-20)14-16-3-2-4-18-21-7-11-25(16)18/h2-4,7-8,11-12,17H,5-6,9-10,13-15H2,1H3. The van der Waals surface area contributed by atoms with Gasteiger partial charge < -0.3 is 4.40 Å². The number of nitrogens with zero attached hydrogens (tertiary/aromatic N) is 5. The van der Waals surface area contributed by atoms with Gasteiger partial charge in [0.1, 0.15) is 10.7 Å². The maximum Gasteiger partial charge on any atom is 0.136 e. The van der Waals surface area contributed by atoms with Crippen molar-refractivity contribution in [1.82, 2.24) is 24.2 Å². The molecule has 1 atom stereocenters. The highest BCUT2D eigenvalue weighted by Crippen LogP contribution is 2.56. The average molecular weight is 368 g/mol. The largest absolute Gasteiger partial charge is 0.303 e. The zero-order chi connectivity index (χ0) is 17.6. The van der Waals surface area contributed by atoms with Crippen LogP contribution in [0.5, 0.6) is 0 Å². The first kappa shape index (κ1) is 16.4. The molecule has 0 radical (unpaired) electrons. The van der Waals surface area contributed by atoms with Crippen LogP contribution in [0.15, 0.2) is 42.2 Å². The first-order valence-corrected chi connectivity index (χ1v) is 10.3. The Morgan fingerprint density at radius 1 is 1.23 bits per heavy atom. The number of piperidine rings is 1. The van der Waals surface area contributed by atoms with E-state index >= 15 is 0 Å². The fourth-order valence-electron chi connectivity index (χ4n) is 4.66.